The Morgan fingerprint density at radius 3 is 1.76 bits per heavy atom. The molecule has 3 nitrogen and oxygen atoms in total. The first-order chi connectivity index (χ1) is 28.5. The van der Waals surface area contributed by atoms with Gasteiger partial charge in [0.25, 0.3) is 0 Å². The van der Waals surface area contributed by atoms with Crippen LogP contribution in [0.2, 0.25) is 0 Å². The topological polar surface area (TPSA) is 15.7 Å². The lowest BCUT2D eigenvalue weighted by Gasteiger charge is -2.45. The van der Waals surface area contributed by atoms with Crippen LogP contribution in [-0.4, -0.2) is 0 Å². The fraction of sp³-hybridized carbons (Fsp3) is 0.0545. The lowest BCUT2D eigenvalue weighted by atomic mass is 9.72. The highest BCUT2D eigenvalue weighted by Gasteiger charge is 2.42. The summed E-state index contributed by atoms with van der Waals surface area (Å²) < 4.78 is 6.68. The van der Waals surface area contributed by atoms with E-state index in [0.29, 0.717) is 0 Å². The number of rotatable bonds is 6. The first-order valence-corrected chi connectivity index (χ1v) is 20.0. The maximum Gasteiger partial charge on any atom is 0.152 e. The Kier molecular flexibility index (Phi) is 7.84. The summed E-state index contributed by atoms with van der Waals surface area (Å²) >= 11 is 0. The van der Waals surface area contributed by atoms with Crippen LogP contribution >= 0.6 is 0 Å². The predicted octanol–water partition coefficient (Wildman–Crippen LogP) is 15.5. The summed E-state index contributed by atoms with van der Waals surface area (Å²) in [5.74, 6) is 1.76. The fourth-order valence-electron chi connectivity index (χ4n) is 9.09. The molecule has 276 valence electrons. The molecular formula is C55H40N2O. The van der Waals surface area contributed by atoms with Crippen molar-refractivity contribution in [3.05, 3.63) is 217 Å². The first kappa shape index (κ1) is 33.9. The average Bonchev–Trinajstić information content (AvgIpc) is 3.28. The Hall–Kier alpha value is -7.36. The molecule has 0 atom stereocenters. The molecule has 0 saturated carbocycles. The van der Waals surface area contributed by atoms with E-state index in [-0.39, 0.29) is 5.41 Å². The SMILES string of the molecule is CC1(C)c2ccc(-c3cccc(-c4cccc(N(c5ccccc5)c5ccc(-c6ccccc6)cc5)c4)c3)cc2N2c3c(cccc31)Oc1ccc3ccccc3c12. The van der Waals surface area contributed by atoms with Gasteiger partial charge >= 0.3 is 0 Å². The number of benzene rings is 9. The summed E-state index contributed by atoms with van der Waals surface area (Å²) in [4.78, 5) is 4.80. The van der Waals surface area contributed by atoms with Gasteiger partial charge in [-0.3, -0.25) is 0 Å². The third-order valence-corrected chi connectivity index (χ3v) is 12.0. The van der Waals surface area contributed by atoms with Gasteiger partial charge in [0.05, 0.1) is 17.1 Å². The molecule has 11 rings (SSSR count). The second-order valence-electron chi connectivity index (χ2n) is 15.8. The number of hydrogen-bond donors (Lipinski definition) is 0. The Balaban J connectivity index is 1.00. The summed E-state index contributed by atoms with van der Waals surface area (Å²) in [6.07, 6.45) is 0. The number of anilines is 6. The second-order valence-corrected chi connectivity index (χ2v) is 15.8. The van der Waals surface area contributed by atoms with Crippen molar-refractivity contribution in [1.29, 1.82) is 0 Å². The van der Waals surface area contributed by atoms with Crippen LogP contribution in [0.25, 0.3) is 44.2 Å². The largest absolute Gasteiger partial charge is 0.453 e. The van der Waals surface area contributed by atoms with Gasteiger partial charge in [0.2, 0.25) is 0 Å². The van der Waals surface area contributed by atoms with Crippen LogP contribution in [0.1, 0.15) is 25.0 Å². The van der Waals surface area contributed by atoms with E-state index in [2.05, 4.69) is 230 Å². The minimum atomic E-state index is -0.226. The van der Waals surface area contributed by atoms with Crippen molar-refractivity contribution in [1.82, 2.24) is 0 Å². The number of fused-ring (bicyclic) bond motifs is 6. The summed E-state index contributed by atoms with van der Waals surface area (Å²) in [5.41, 5.74) is 16.1. The van der Waals surface area contributed by atoms with Crippen molar-refractivity contribution in [3.8, 4) is 44.9 Å². The smallest absolute Gasteiger partial charge is 0.152 e. The number of ether oxygens (including phenoxy) is 1. The lowest BCUT2D eigenvalue weighted by molar-refractivity contribution is 0.472. The quantitative estimate of drug-likeness (QED) is 0.169. The molecule has 0 fully saturated rings. The van der Waals surface area contributed by atoms with E-state index in [4.69, 9.17) is 4.74 Å². The van der Waals surface area contributed by atoms with Crippen molar-refractivity contribution in [2.75, 3.05) is 9.80 Å². The molecule has 2 heterocycles. The number of para-hydroxylation sites is 2. The van der Waals surface area contributed by atoms with Crippen molar-refractivity contribution < 1.29 is 4.74 Å². The Morgan fingerprint density at radius 1 is 0.397 bits per heavy atom. The summed E-state index contributed by atoms with van der Waals surface area (Å²) in [6, 6.07) is 74.3. The molecule has 9 aromatic carbocycles. The minimum absolute atomic E-state index is 0.226. The van der Waals surface area contributed by atoms with Gasteiger partial charge in [-0.25, -0.2) is 0 Å². The van der Waals surface area contributed by atoms with Crippen LogP contribution in [0.4, 0.5) is 34.1 Å². The zero-order valence-corrected chi connectivity index (χ0v) is 32.4. The van der Waals surface area contributed by atoms with E-state index >= 15 is 0 Å². The standard InChI is InChI=1S/C55H40N2O/c1-55(2)48-32-28-43(36-50(48)57-53-47-23-10-9-16-39(47)29-33-52(53)58-51-25-13-24-49(55)54(51)57)41-18-11-17-40(34-41)42-19-12-22-46(35-42)56(44-20-7-4-8-21-44)45-30-26-38(27-31-45)37-14-5-3-6-15-37/h3-36H,1-2H3. The van der Waals surface area contributed by atoms with Gasteiger partial charge in [-0.15, -0.1) is 0 Å². The van der Waals surface area contributed by atoms with Crippen LogP contribution < -0.4 is 14.5 Å². The van der Waals surface area contributed by atoms with E-state index in [1.807, 2.05) is 0 Å². The van der Waals surface area contributed by atoms with Crippen LogP contribution in [0, 0.1) is 0 Å². The Morgan fingerprint density at radius 2 is 0.966 bits per heavy atom. The molecule has 2 aliphatic rings. The summed E-state index contributed by atoms with van der Waals surface area (Å²) in [6.45, 7) is 4.67. The van der Waals surface area contributed by atoms with Crippen LogP contribution in [0.3, 0.4) is 0 Å². The van der Waals surface area contributed by atoms with Crippen LogP contribution in [0.15, 0.2) is 206 Å². The van der Waals surface area contributed by atoms with Gasteiger partial charge in [-0.1, -0.05) is 159 Å². The van der Waals surface area contributed by atoms with Gasteiger partial charge in [-0.05, 0) is 111 Å². The van der Waals surface area contributed by atoms with Gasteiger partial charge < -0.3 is 14.5 Å². The Labute approximate surface area is 339 Å². The predicted molar refractivity (Wildman–Crippen MR) is 242 cm³/mol. The van der Waals surface area contributed by atoms with Gasteiger partial charge in [0, 0.05) is 27.9 Å². The van der Waals surface area contributed by atoms with E-state index < -0.39 is 0 Å². The molecule has 0 spiro atoms. The molecule has 0 amide bonds. The maximum atomic E-state index is 6.68. The summed E-state index contributed by atoms with van der Waals surface area (Å²) in [5, 5.41) is 2.37. The van der Waals surface area contributed by atoms with Gasteiger partial charge in [0.1, 0.15) is 0 Å². The van der Waals surface area contributed by atoms with Crippen molar-refractivity contribution >= 4 is 44.9 Å². The molecule has 0 N–H and O–H groups in total. The van der Waals surface area contributed by atoms with Gasteiger partial charge in [-0.2, -0.15) is 0 Å². The van der Waals surface area contributed by atoms with Crippen molar-refractivity contribution in [2.45, 2.75) is 19.3 Å². The molecule has 9 aromatic rings. The van der Waals surface area contributed by atoms with Crippen LogP contribution in [0.5, 0.6) is 11.5 Å². The molecule has 3 heteroatoms. The molecule has 0 unspecified atom stereocenters. The minimum Gasteiger partial charge on any atom is -0.453 e. The van der Waals surface area contributed by atoms with E-state index in [9.17, 15) is 0 Å². The fourth-order valence-corrected chi connectivity index (χ4v) is 9.09. The zero-order valence-electron chi connectivity index (χ0n) is 32.4. The monoisotopic (exact) mass is 744 g/mol. The molecular weight excluding hydrogens is 705 g/mol. The highest BCUT2D eigenvalue weighted by molar-refractivity contribution is 6.06. The van der Waals surface area contributed by atoms with Crippen molar-refractivity contribution in [2.24, 2.45) is 0 Å². The Bertz CT molecular complexity index is 3010. The third-order valence-electron chi connectivity index (χ3n) is 12.0. The molecule has 0 radical (unpaired) electrons. The normalized spacial score (nSPS) is 13.2. The highest BCUT2D eigenvalue weighted by atomic mass is 16.5. The zero-order chi connectivity index (χ0) is 38.8. The lowest BCUT2D eigenvalue weighted by Crippen LogP contribution is -2.32. The third kappa shape index (κ3) is 5.50. The maximum absolute atomic E-state index is 6.68. The van der Waals surface area contributed by atoms with E-state index in [1.54, 1.807) is 0 Å². The summed E-state index contributed by atoms with van der Waals surface area (Å²) in [7, 11) is 0. The highest BCUT2D eigenvalue weighted by Crippen LogP contribution is 2.61. The molecule has 0 bridgehead atoms. The number of nitrogens with zero attached hydrogens (tertiary/aromatic N) is 2. The van der Waals surface area contributed by atoms with Gasteiger partial charge in [0.15, 0.2) is 11.5 Å². The van der Waals surface area contributed by atoms with Crippen molar-refractivity contribution in [3.63, 3.8) is 0 Å². The van der Waals surface area contributed by atoms with E-state index in [1.165, 1.54) is 55.4 Å². The molecule has 2 aliphatic heterocycles. The molecule has 0 aromatic heterocycles. The second kappa shape index (κ2) is 13.4. The number of hydrogen-bond acceptors (Lipinski definition) is 3. The molecule has 0 aliphatic carbocycles. The molecule has 58 heavy (non-hydrogen) atoms. The van der Waals surface area contributed by atoms with E-state index in [0.717, 1.165) is 45.5 Å². The average molecular weight is 745 g/mol. The van der Waals surface area contributed by atoms with Crippen LogP contribution in [-0.2, 0) is 5.41 Å². The first-order valence-electron chi connectivity index (χ1n) is 20.0. The molecule has 0 saturated heterocycles.